The van der Waals surface area contributed by atoms with E-state index in [0.29, 0.717) is 18.4 Å². The van der Waals surface area contributed by atoms with E-state index in [4.69, 9.17) is 5.11 Å². The molecule has 0 spiro atoms. The minimum atomic E-state index is -0.849. The average molecular weight is 254 g/mol. The van der Waals surface area contributed by atoms with Crippen molar-refractivity contribution < 1.29 is 14.7 Å². The van der Waals surface area contributed by atoms with E-state index >= 15 is 0 Å². The predicted molar refractivity (Wildman–Crippen MR) is 67.2 cm³/mol. The van der Waals surface area contributed by atoms with Crippen molar-refractivity contribution in [3.05, 3.63) is 0 Å². The van der Waals surface area contributed by atoms with Gasteiger partial charge in [-0.3, -0.25) is 4.79 Å². The summed E-state index contributed by atoms with van der Waals surface area (Å²) in [4.78, 5) is 22.4. The molecule has 2 atom stereocenters. The van der Waals surface area contributed by atoms with E-state index in [0.717, 1.165) is 18.8 Å². The smallest absolute Gasteiger partial charge is 0.315 e. The van der Waals surface area contributed by atoms with Gasteiger partial charge in [0.1, 0.15) is 0 Å². The second-order valence-corrected chi connectivity index (χ2v) is 5.71. The van der Waals surface area contributed by atoms with Crippen LogP contribution in [0, 0.1) is 17.8 Å². The van der Waals surface area contributed by atoms with Crippen molar-refractivity contribution in [2.45, 2.75) is 45.1 Å². The van der Waals surface area contributed by atoms with Crippen LogP contribution in [0.15, 0.2) is 0 Å². The van der Waals surface area contributed by atoms with E-state index in [9.17, 15) is 9.59 Å². The van der Waals surface area contributed by atoms with Crippen molar-refractivity contribution in [2.24, 2.45) is 17.8 Å². The Morgan fingerprint density at radius 1 is 1.22 bits per heavy atom. The molecule has 3 N–H and O–H groups in total. The van der Waals surface area contributed by atoms with E-state index in [-0.39, 0.29) is 18.5 Å². The van der Waals surface area contributed by atoms with Crippen molar-refractivity contribution in [1.82, 2.24) is 10.6 Å². The first-order valence-electron chi connectivity index (χ1n) is 6.82. The highest BCUT2D eigenvalue weighted by Gasteiger charge is 2.34. The van der Waals surface area contributed by atoms with Crippen molar-refractivity contribution >= 4 is 12.0 Å². The lowest BCUT2D eigenvalue weighted by Crippen LogP contribution is -2.45. The molecule has 2 fully saturated rings. The van der Waals surface area contributed by atoms with Crippen LogP contribution in [0.5, 0.6) is 0 Å². The molecule has 0 aromatic carbocycles. The Balaban J connectivity index is 1.68. The number of hydrogen-bond donors (Lipinski definition) is 3. The minimum absolute atomic E-state index is 0.0241. The Bertz CT molecular complexity index is 324. The Morgan fingerprint density at radius 3 is 2.33 bits per heavy atom. The molecule has 0 heterocycles. The third-order valence-corrected chi connectivity index (χ3v) is 3.91. The van der Waals surface area contributed by atoms with Crippen molar-refractivity contribution in [2.75, 3.05) is 6.54 Å². The standard InChI is InChI=1S/C13H22N2O3/c1-8(9-2-3-9)7-14-13(18)15-11(6-12(16)17)10-4-5-10/h8-11H,2-7H2,1H3,(H,16,17)(H2,14,15,18). The monoisotopic (exact) mass is 254 g/mol. The number of urea groups is 1. The molecule has 2 aliphatic rings. The second kappa shape index (κ2) is 5.59. The van der Waals surface area contributed by atoms with Gasteiger partial charge in [-0.25, -0.2) is 4.79 Å². The van der Waals surface area contributed by atoms with Crippen LogP contribution >= 0.6 is 0 Å². The summed E-state index contributed by atoms with van der Waals surface area (Å²) in [6, 6.07) is -0.431. The van der Waals surface area contributed by atoms with Crippen LogP contribution in [0.25, 0.3) is 0 Å². The van der Waals surface area contributed by atoms with E-state index in [2.05, 4.69) is 17.6 Å². The third-order valence-electron chi connectivity index (χ3n) is 3.91. The van der Waals surface area contributed by atoms with Gasteiger partial charge in [-0.2, -0.15) is 0 Å². The number of carbonyl (C=O) groups is 2. The number of carboxylic acids is 1. The lowest BCUT2D eigenvalue weighted by Gasteiger charge is -2.18. The Hall–Kier alpha value is -1.26. The number of hydrogen-bond acceptors (Lipinski definition) is 2. The summed E-state index contributed by atoms with van der Waals surface area (Å²) in [5, 5.41) is 14.4. The van der Waals surface area contributed by atoms with Gasteiger partial charge >= 0.3 is 12.0 Å². The summed E-state index contributed by atoms with van der Waals surface area (Å²) in [5.74, 6) is 0.796. The zero-order valence-electron chi connectivity index (χ0n) is 10.8. The largest absolute Gasteiger partial charge is 0.481 e. The molecular weight excluding hydrogens is 232 g/mol. The number of amides is 2. The fourth-order valence-electron chi connectivity index (χ4n) is 2.33. The summed E-state index contributed by atoms with van der Waals surface area (Å²) in [6.45, 7) is 2.83. The number of carboxylic acid groups (broad SMARTS) is 1. The zero-order chi connectivity index (χ0) is 13.1. The first-order valence-corrected chi connectivity index (χ1v) is 6.82. The molecule has 18 heavy (non-hydrogen) atoms. The maximum Gasteiger partial charge on any atom is 0.315 e. The number of aliphatic carboxylic acids is 1. The molecule has 2 aliphatic carbocycles. The van der Waals surface area contributed by atoms with Gasteiger partial charge in [-0.05, 0) is 43.4 Å². The molecule has 2 rings (SSSR count). The molecular formula is C13H22N2O3. The fourth-order valence-corrected chi connectivity index (χ4v) is 2.33. The van der Waals surface area contributed by atoms with Gasteiger partial charge in [0.2, 0.25) is 0 Å². The minimum Gasteiger partial charge on any atom is -0.481 e. The van der Waals surface area contributed by atoms with Crippen LogP contribution in [0.4, 0.5) is 4.79 Å². The molecule has 0 bridgehead atoms. The van der Waals surface area contributed by atoms with E-state index < -0.39 is 5.97 Å². The van der Waals surface area contributed by atoms with Gasteiger partial charge in [0, 0.05) is 12.6 Å². The summed E-state index contributed by atoms with van der Waals surface area (Å²) in [5.41, 5.74) is 0. The molecule has 0 radical (unpaired) electrons. The van der Waals surface area contributed by atoms with Gasteiger partial charge < -0.3 is 15.7 Å². The lowest BCUT2D eigenvalue weighted by molar-refractivity contribution is -0.137. The Labute approximate surface area is 107 Å². The lowest BCUT2D eigenvalue weighted by atomic mass is 10.1. The van der Waals surface area contributed by atoms with Crippen molar-refractivity contribution in [3.63, 3.8) is 0 Å². The van der Waals surface area contributed by atoms with Gasteiger partial charge in [-0.15, -0.1) is 0 Å². The van der Waals surface area contributed by atoms with Gasteiger partial charge in [0.25, 0.3) is 0 Å². The first-order chi connectivity index (χ1) is 8.56. The topological polar surface area (TPSA) is 78.4 Å². The molecule has 5 nitrogen and oxygen atoms in total. The van der Waals surface area contributed by atoms with Gasteiger partial charge in [0.15, 0.2) is 0 Å². The highest BCUT2D eigenvalue weighted by Crippen LogP contribution is 2.36. The molecule has 2 saturated carbocycles. The summed E-state index contributed by atoms with van der Waals surface area (Å²) >= 11 is 0. The molecule has 0 aromatic heterocycles. The van der Waals surface area contributed by atoms with Crippen molar-refractivity contribution in [3.8, 4) is 0 Å². The molecule has 0 aromatic rings. The van der Waals surface area contributed by atoms with Crippen molar-refractivity contribution in [1.29, 1.82) is 0 Å². The molecule has 2 unspecified atom stereocenters. The number of nitrogens with one attached hydrogen (secondary N) is 2. The molecule has 0 aliphatic heterocycles. The highest BCUT2D eigenvalue weighted by molar-refractivity contribution is 5.75. The third kappa shape index (κ3) is 4.20. The fraction of sp³-hybridized carbons (Fsp3) is 0.846. The van der Waals surface area contributed by atoms with E-state index in [1.165, 1.54) is 12.8 Å². The SMILES string of the molecule is CC(CNC(=O)NC(CC(=O)O)C1CC1)C1CC1. The van der Waals surface area contributed by atoms with Crippen LogP contribution in [0.3, 0.4) is 0 Å². The molecule has 102 valence electrons. The molecule has 5 heteroatoms. The van der Waals surface area contributed by atoms with Crippen LogP contribution in [0.1, 0.15) is 39.0 Å². The summed E-state index contributed by atoms with van der Waals surface area (Å²) < 4.78 is 0. The molecule has 0 saturated heterocycles. The van der Waals surface area contributed by atoms with Gasteiger partial charge in [-0.1, -0.05) is 6.92 Å². The van der Waals surface area contributed by atoms with Crippen LogP contribution in [0.2, 0.25) is 0 Å². The maximum atomic E-state index is 11.7. The normalized spacial score (nSPS) is 22.1. The van der Waals surface area contributed by atoms with Gasteiger partial charge in [0.05, 0.1) is 6.42 Å². The van der Waals surface area contributed by atoms with Crippen LogP contribution in [-0.4, -0.2) is 29.7 Å². The Morgan fingerprint density at radius 2 is 1.83 bits per heavy atom. The second-order valence-electron chi connectivity index (χ2n) is 5.71. The van der Waals surface area contributed by atoms with E-state index in [1.807, 2.05) is 0 Å². The maximum absolute atomic E-state index is 11.7. The van der Waals surface area contributed by atoms with Crippen LogP contribution in [-0.2, 0) is 4.79 Å². The quantitative estimate of drug-likeness (QED) is 0.645. The summed E-state index contributed by atoms with van der Waals surface area (Å²) in [6.07, 6.45) is 4.62. The number of rotatable bonds is 7. The summed E-state index contributed by atoms with van der Waals surface area (Å²) in [7, 11) is 0. The number of carbonyl (C=O) groups excluding carboxylic acids is 1. The van der Waals surface area contributed by atoms with Crippen LogP contribution < -0.4 is 10.6 Å². The Kier molecular flexibility index (Phi) is 4.09. The first kappa shape index (κ1) is 13.2. The predicted octanol–water partition coefficient (Wildman–Crippen LogP) is 1.58. The zero-order valence-corrected chi connectivity index (χ0v) is 10.8. The highest BCUT2D eigenvalue weighted by atomic mass is 16.4. The average Bonchev–Trinajstić information content (AvgIpc) is 3.18. The van der Waals surface area contributed by atoms with E-state index in [1.54, 1.807) is 0 Å². The molecule has 2 amide bonds.